The maximum atomic E-state index is 12.4. The van der Waals surface area contributed by atoms with E-state index in [1.807, 2.05) is 0 Å². The van der Waals surface area contributed by atoms with Gasteiger partial charge in [0.2, 0.25) is 5.71 Å². The van der Waals surface area contributed by atoms with Crippen molar-refractivity contribution in [2.24, 2.45) is 0 Å². The number of hydrogen-bond acceptors (Lipinski definition) is 5. The summed E-state index contributed by atoms with van der Waals surface area (Å²) in [7, 11) is 0. The first kappa shape index (κ1) is 16.7. The number of aryl methyl sites for hydroxylation is 1. The van der Waals surface area contributed by atoms with Crippen LogP contribution in [-0.4, -0.2) is 35.0 Å². The minimum atomic E-state index is -0.362. The highest BCUT2D eigenvalue weighted by molar-refractivity contribution is 6.06. The van der Waals surface area contributed by atoms with E-state index in [9.17, 15) is 9.59 Å². The van der Waals surface area contributed by atoms with E-state index in [4.69, 9.17) is 4.42 Å². The van der Waals surface area contributed by atoms with Crippen LogP contribution in [0.2, 0.25) is 0 Å². The number of hydrogen-bond donors (Lipinski definition) is 3. The number of carbonyl (C=O) groups is 1. The fourth-order valence-electron chi connectivity index (χ4n) is 3.35. The van der Waals surface area contributed by atoms with Gasteiger partial charge in [0.05, 0.1) is 11.9 Å². The van der Waals surface area contributed by atoms with Gasteiger partial charge < -0.3 is 20.0 Å². The van der Waals surface area contributed by atoms with Gasteiger partial charge in [-0.15, -0.1) is 0 Å². The molecule has 2 heterocycles. The molecule has 7 nitrogen and oxygen atoms in total. The quantitative estimate of drug-likeness (QED) is 0.573. The Morgan fingerprint density at radius 1 is 1.29 bits per heavy atom. The number of aromatic nitrogens is 2. The lowest BCUT2D eigenvalue weighted by Gasteiger charge is -2.16. The van der Waals surface area contributed by atoms with Gasteiger partial charge in [-0.3, -0.25) is 9.59 Å². The molecule has 7 heteroatoms. The van der Waals surface area contributed by atoms with E-state index in [1.54, 1.807) is 6.92 Å². The number of H-pyrrole nitrogens is 1. The van der Waals surface area contributed by atoms with Gasteiger partial charge in [0.1, 0.15) is 11.1 Å². The average Bonchev–Trinajstić information content (AvgIpc) is 2.73. The third-order valence-corrected chi connectivity index (χ3v) is 4.60. The molecule has 0 atom stereocenters. The molecule has 1 amide bonds. The first-order valence-corrected chi connectivity index (χ1v) is 8.65. The number of rotatable bonds is 5. The minimum Gasteiger partial charge on any atom is -0.442 e. The van der Waals surface area contributed by atoms with E-state index in [0.717, 1.165) is 6.54 Å². The van der Waals surface area contributed by atoms with E-state index in [-0.39, 0.29) is 28.1 Å². The van der Waals surface area contributed by atoms with Crippen LogP contribution in [0.3, 0.4) is 0 Å². The molecule has 0 radical (unpaired) electrons. The highest BCUT2D eigenvalue weighted by Gasteiger charge is 2.21. The summed E-state index contributed by atoms with van der Waals surface area (Å²) >= 11 is 0. The molecule has 0 bridgehead atoms. The fraction of sp³-hybridized carbons (Fsp3) is 0.588. The van der Waals surface area contributed by atoms with Crippen molar-refractivity contribution in [3.63, 3.8) is 0 Å². The van der Waals surface area contributed by atoms with Gasteiger partial charge in [0, 0.05) is 19.1 Å². The van der Waals surface area contributed by atoms with Crippen molar-refractivity contribution in [2.75, 3.05) is 13.1 Å². The first-order chi connectivity index (χ1) is 11.7. The van der Waals surface area contributed by atoms with Crippen LogP contribution in [0, 0.1) is 6.92 Å². The Bertz CT molecular complexity index is 757. The summed E-state index contributed by atoms with van der Waals surface area (Å²) in [4.78, 5) is 30.8. The smallest absolute Gasteiger partial charge is 0.262 e. The largest absolute Gasteiger partial charge is 0.442 e. The van der Waals surface area contributed by atoms with Gasteiger partial charge in [-0.05, 0) is 19.8 Å². The molecule has 1 fully saturated rings. The van der Waals surface area contributed by atoms with Gasteiger partial charge in [-0.25, -0.2) is 4.98 Å². The molecule has 1 aliphatic carbocycles. The van der Waals surface area contributed by atoms with Crippen molar-refractivity contribution in [3.05, 3.63) is 28.0 Å². The third-order valence-electron chi connectivity index (χ3n) is 4.60. The van der Waals surface area contributed by atoms with Gasteiger partial charge in [0.15, 0.2) is 0 Å². The van der Waals surface area contributed by atoms with Crippen molar-refractivity contribution >= 4 is 17.0 Å². The van der Waals surface area contributed by atoms with Gasteiger partial charge >= 0.3 is 0 Å². The van der Waals surface area contributed by atoms with Crippen LogP contribution >= 0.6 is 0 Å². The molecule has 0 aliphatic heterocycles. The van der Waals surface area contributed by atoms with Crippen LogP contribution in [0.1, 0.15) is 54.6 Å². The Balaban J connectivity index is 1.57. The SMILES string of the molecule is Cc1oc2nc[nH]c(=O)c2c1C(=O)NCCNC1CCCCCC1. The molecule has 1 saturated carbocycles. The molecule has 2 aromatic rings. The molecule has 1 aliphatic rings. The zero-order chi connectivity index (χ0) is 16.9. The Morgan fingerprint density at radius 3 is 2.79 bits per heavy atom. The van der Waals surface area contributed by atoms with Crippen molar-refractivity contribution < 1.29 is 9.21 Å². The molecule has 0 spiro atoms. The standard InChI is InChI=1S/C17H24N4O3/c1-11-13(14-16(23)20-10-21-17(14)24-11)15(22)19-9-8-18-12-6-4-2-3-5-7-12/h10,12,18H,2-9H2,1H3,(H,19,22)(H,20,21,23). The van der Waals surface area contributed by atoms with Crippen molar-refractivity contribution in [1.82, 2.24) is 20.6 Å². The van der Waals surface area contributed by atoms with E-state index in [0.29, 0.717) is 18.3 Å². The molecular weight excluding hydrogens is 308 g/mol. The predicted octanol–water partition coefficient (Wildman–Crippen LogP) is 1.87. The van der Waals surface area contributed by atoms with Crippen LogP contribution in [-0.2, 0) is 0 Å². The number of furan rings is 1. The molecule has 0 saturated heterocycles. The summed E-state index contributed by atoms with van der Waals surface area (Å²) in [6.07, 6.45) is 8.89. The Morgan fingerprint density at radius 2 is 2.04 bits per heavy atom. The monoisotopic (exact) mass is 332 g/mol. The van der Waals surface area contributed by atoms with Crippen LogP contribution in [0.25, 0.3) is 11.1 Å². The van der Waals surface area contributed by atoms with Crippen molar-refractivity contribution in [1.29, 1.82) is 0 Å². The Kier molecular flexibility index (Phi) is 5.30. The van der Waals surface area contributed by atoms with Crippen LogP contribution in [0.5, 0.6) is 0 Å². The van der Waals surface area contributed by atoms with Gasteiger partial charge in [-0.1, -0.05) is 25.7 Å². The van der Waals surface area contributed by atoms with E-state index in [2.05, 4.69) is 20.6 Å². The summed E-state index contributed by atoms with van der Waals surface area (Å²) in [6.45, 7) is 2.90. The average molecular weight is 332 g/mol. The second kappa shape index (κ2) is 7.61. The molecule has 3 rings (SSSR count). The number of aromatic amines is 1. The number of amides is 1. The maximum absolute atomic E-state index is 12.4. The summed E-state index contributed by atoms with van der Waals surface area (Å²) in [5, 5.41) is 6.58. The summed E-state index contributed by atoms with van der Waals surface area (Å²) < 4.78 is 5.41. The third kappa shape index (κ3) is 3.67. The molecule has 130 valence electrons. The second-order valence-corrected chi connectivity index (χ2v) is 6.34. The number of fused-ring (bicyclic) bond motifs is 1. The highest BCUT2D eigenvalue weighted by atomic mass is 16.3. The lowest BCUT2D eigenvalue weighted by atomic mass is 10.1. The van der Waals surface area contributed by atoms with Crippen molar-refractivity contribution in [3.8, 4) is 0 Å². The Hall–Kier alpha value is -2.15. The highest BCUT2D eigenvalue weighted by Crippen LogP contribution is 2.20. The zero-order valence-corrected chi connectivity index (χ0v) is 14.0. The van der Waals surface area contributed by atoms with E-state index in [1.165, 1.54) is 44.9 Å². The van der Waals surface area contributed by atoms with Crippen LogP contribution in [0.4, 0.5) is 0 Å². The zero-order valence-electron chi connectivity index (χ0n) is 14.0. The number of nitrogens with one attached hydrogen (secondary N) is 3. The normalized spacial score (nSPS) is 16.2. The van der Waals surface area contributed by atoms with Crippen molar-refractivity contribution in [2.45, 2.75) is 51.5 Å². The molecule has 24 heavy (non-hydrogen) atoms. The van der Waals surface area contributed by atoms with E-state index < -0.39 is 0 Å². The summed E-state index contributed by atoms with van der Waals surface area (Å²) in [5.74, 6) is 0.107. The van der Waals surface area contributed by atoms with Gasteiger partial charge in [-0.2, -0.15) is 0 Å². The predicted molar refractivity (Wildman–Crippen MR) is 91.2 cm³/mol. The number of nitrogens with zero attached hydrogens (tertiary/aromatic N) is 1. The van der Waals surface area contributed by atoms with Gasteiger partial charge in [0.25, 0.3) is 11.5 Å². The van der Waals surface area contributed by atoms with E-state index >= 15 is 0 Å². The molecule has 2 aromatic heterocycles. The molecule has 3 N–H and O–H groups in total. The number of carbonyl (C=O) groups excluding carboxylic acids is 1. The van der Waals surface area contributed by atoms with Crippen LogP contribution < -0.4 is 16.2 Å². The molecular formula is C17H24N4O3. The second-order valence-electron chi connectivity index (χ2n) is 6.34. The molecule has 0 unspecified atom stereocenters. The molecule has 0 aromatic carbocycles. The maximum Gasteiger partial charge on any atom is 0.262 e. The lowest BCUT2D eigenvalue weighted by molar-refractivity contribution is 0.0953. The summed E-state index contributed by atoms with van der Waals surface area (Å²) in [5.41, 5.74) is 0.102. The summed E-state index contributed by atoms with van der Waals surface area (Å²) in [6, 6.07) is 0.549. The Labute approximate surface area is 140 Å². The fourth-order valence-corrected chi connectivity index (χ4v) is 3.35. The first-order valence-electron chi connectivity index (χ1n) is 8.65. The topological polar surface area (TPSA) is 100 Å². The minimum absolute atomic E-state index is 0.193. The lowest BCUT2D eigenvalue weighted by Crippen LogP contribution is -2.37. The van der Waals surface area contributed by atoms with Crippen LogP contribution in [0.15, 0.2) is 15.5 Å².